The fourth-order valence-electron chi connectivity index (χ4n) is 4.30. The summed E-state index contributed by atoms with van der Waals surface area (Å²) >= 11 is 0. The average molecular weight is 470 g/mol. The van der Waals surface area contributed by atoms with Gasteiger partial charge in [0.2, 0.25) is 0 Å². The highest BCUT2D eigenvalue weighted by molar-refractivity contribution is 6.16. The zero-order chi connectivity index (χ0) is 24.8. The topological polar surface area (TPSA) is 83.9 Å². The van der Waals surface area contributed by atoms with Crippen molar-refractivity contribution >= 4 is 23.3 Å². The molecule has 1 unspecified atom stereocenters. The molecule has 3 aromatic carbocycles. The Balaban J connectivity index is 1.63. The van der Waals surface area contributed by atoms with Gasteiger partial charge in [0.25, 0.3) is 5.91 Å². The monoisotopic (exact) mass is 469 g/mol. The van der Waals surface area contributed by atoms with E-state index >= 15 is 0 Å². The van der Waals surface area contributed by atoms with Gasteiger partial charge in [0, 0.05) is 12.1 Å². The second kappa shape index (κ2) is 10.8. The van der Waals surface area contributed by atoms with Crippen molar-refractivity contribution in [1.29, 1.82) is 0 Å². The van der Waals surface area contributed by atoms with Gasteiger partial charge in [0.15, 0.2) is 11.5 Å². The summed E-state index contributed by atoms with van der Waals surface area (Å²) in [5.41, 5.74) is 3.10. The number of aryl methyl sites for hydroxylation is 1. The van der Waals surface area contributed by atoms with E-state index in [2.05, 4.69) is 0 Å². The molecule has 0 fully saturated rings. The first kappa shape index (κ1) is 24.0. The van der Waals surface area contributed by atoms with Crippen LogP contribution in [0.3, 0.4) is 0 Å². The minimum absolute atomic E-state index is 0.104. The number of carbonyl (C=O) groups is 3. The molecule has 0 bridgehead atoms. The normalized spacial score (nSPS) is 15.4. The number of benzene rings is 3. The maximum absolute atomic E-state index is 13.3. The summed E-state index contributed by atoms with van der Waals surface area (Å²) < 4.78 is 5.00. The van der Waals surface area contributed by atoms with Crippen molar-refractivity contribution in [2.75, 3.05) is 11.5 Å². The molecule has 1 heterocycles. The number of esters is 1. The van der Waals surface area contributed by atoms with Crippen LogP contribution in [0.15, 0.2) is 96.3 Å². The minimum atomic E-state index is -0.747. The van der Waals surface area contributed by atoms with Crippen LogP contribution in [-0.4, -0.2) is 29.4 Å². The van der Waals surface area contributed by atoms with Gasteiger partial charge in [-0.15, -0.1) is 0 Å². The van der Waals surface area contributed by atoms with E-state index in [1.165, 1.54) is 4.90 Å². The molecule has 0 saturated carbocycles. The van der Waals surface area contributed by atoms with E-state index in [0.717, 1.165) is 16.7 Å². The Morgan fingerprint density at radius 3 is 2.14 bits per heavy atom. The third-order valence-corrected chi connectivity index (χ3v) is 5.98. The average Bonchev–Trinajstić information content (AvgIpc) is 3.15. The summed E-state index contributed by atoms with van der Waals surface area (Å²) in [5.74, 6) is -1.74. The van der Waals surface area contributed by atoms with Gasteiger partial charge in [-0.1, -0.05) is 72.8 Å². The van der Waals surface area contributed by atoms with E-state index in [1.54, 1.807) is 31.2 Å². The molecule has 0 aliphatic carbocycles. The first-order valence-electron chi connectivity index (χ1n) is 11.6. The number of ketones is 1. The molecular weight excluding hydrogens is 442 g/mol. The lowest BCUT2D eigenvalue weighted by Gasteiger charge is -2.27. The molecule has 3 aromatic rings. The second-order valence-electron chi connectivity index (χ2n) is 8.31. The quantitative estimate of drug-likeness (QED) is 0.451. The van der Waals surface area contributed by atoms with Gasteiger partial charge in [-0.2, -0.15) is 0 Å². The van der Waals surface area contributed by atoms with Gasteiger partial charge in [-0.3, -0.25) is 19.3 Å². The SMILES string of the molecule is CCOC(=O)Cc1ccc(N2C(=O)C(O)=C(C(=O)CCc3ccccc3)C2c2ccccc2)cc1. The molecule has 1 atom stereocenters. The van der Waals surface area contributed by atoms with Crippen LogP contribution in [0, 0.1) is 0 Å². The number of nitrogens with zero attached hydrogens (tertiary/aromatic N) is 1. The number of carbonyl (C=O) groups excluding carboxylic acids is 3. The molecule has 0 aromatic heterocycles. The van der Waals surface area contributed by atoms with Gasteiger partial charge < -0.3 is 9.84 Å². The number of hydrogen-bond acceptors (Lipinski definition) is 5. The molecule has 6 nitrogen and oxygen atoms in total. The van der Waals surface area contributed by atoms with Crippen molar-refractivity contribution in [3.63, 3.8) is 0 Å². The molecule has 35 heavy (non-hydrogen) atoms. The van der Waals surface area contributed by atoms with E-state index < -0.39 is 17.7 Å². The van der Waals surface area contributed by atoms with E-state index in [-0.39, 0.29) is 30.2 Å². The van der Waals surface area contributed by atoms with Crippen LogP contribution in [0.2, 0.25) is 0 Å². The molecule has 0 radical (unpaired) electrons. The second-order valence-corrected chi connectivity index (χ2v) is 8.31. The van der Waals surface area contributed by atoms with Crippen LogP contribution in [-0.2, 0) is 32.0 Å². The van der Waals surface area contributed by atoms with Crippen LogP contribution in [0.25, 0.3) is 0 Å². The number of aliphatic hydroxyl groups excluding tert-OH is 1. The van der Waals surface area contributed by atoms with Gasteiger partial charge in [0.1, 0.15) is 0 Å². The molecule has 1 aliphatic heterocycles. The molecule has 4 rings (SSSR count). The summed E-state index contributed by atoms with van der Waals surface area (Å²) in [4.78, 5) is 39.8. The largest absolute Gasteiger partial charge is 0.503 e. The summed E-state index contributed by atoms with van der Waals surface area (Å²) in [7, 11) is 0. The Bertz CT molecular complexity index is 1230. The Morgan fingerprint density at radius 2 is 1.51 bits per heavy atom. The fourth-order valence-corrected chi connectivity index (χ4v) is 4.30. The van der Waals surface area contributed by atoms with Crippen molar-refractivity contribution in [3.05, 3.63) is 113 Å². The lowest BCUT2D eigenvalue weighted by atomic mass is 9.93. The highest BCUT2D eigenvalue weighted by Crippen LogP contribution is 2.41. The Labute approximate surface area is 204 Å². The van der Waals surface area contributed by atoms with Crippen LogP contribution in [0.1, 0.15) is 36.1 Å². The summed E-state index contributed by atoms with van der Waals surface area (Å²) in [5, 5.41) is 10.8. The van der Waals surface area contributed by atoms with E-state index in [4.69, 9.17) is 4.74 Å². The minimum Gasteiger partial charge on any atom is -0.503 e. The molecule has 1 aliphatic rings. The maximum Gasteiger partial charge on any atom is 0.310 e. The van der Waals surface area contributed by atoms with Crippen LogP contribution in [0.5, 0.6) is 0 Å². The van der Waals surface area contributed by atoms with Crippen molar-refractivity contribution < 1.29 is 24.2 Å². The van der Waals surface area contributed by atoms with Crippen LogP contribution >= 0.6 is 0 Å². The van der Waals surface area contributed by atoms with Gasteiger partial charge in [0.05, 0.1) is 24.6 Å². The third kappa shape index (κ3) is 5.32. The number of hydrogen-bond donors (Lipinski definition) is 1. The number of Topliss-reactive ketones (excluding diaryl/α,β-unsaturated/α-hetero) is 1. The van der Waals surface area contributed by atoms with E-state index in [9.17, 15) is 19.5 Å². The standard InChI is InChI=1S/C29H27NO5/c1-2-35-25(32)19-21-13-16-23(17-14-21)30-27(22-11-7-4-8-12-22)26(28(33)29(30)34)24(31)18-15-20-9-5-3-6-10-20/h3-14,16-17,27,33H,2,15,18-19H2,1H3. The summed E-state index contributed by atoms with van der Waals surface area (Å²) in [6.45, 7) is 2.06. The highest BCUT2D eigenvalue weighted by Gasteiger charge is 2.44. The number of anilines is 1. The Kier molecular flexibility index (Phi) is 7.41. The summed E-state index contributed by atoms with van der Waals surface area (Å²) in [6.07, 6.45) is 0.804. The molecule has 0 spiro atoms. The molecule has 1 amide bonds. The number of ether oxygens (including phenoxy) is 1. The molecule has 178 valence electrons. The predicted octanol–water partition coefficient (Wildman–Crippen LogP) is 4.89. The maximum atomic E-state index is 13.3. The molecule has 1 N–H and O–H groups in total. The first-order chi connectivity index (χ1) is 17.0. The zero-order valence-corrected chi connectivity index (χ0v) is 19.5. The van der Waals surface area contributed by atoms with Crippen LogP contribution < -0.4 is 4.90 Å². The summed E-state index contributed by atoms with van der Waals surface area (Å²) in [6, 6.07) is 25.0. The first-order valence-corrected chi connectivity index (χ1v) is 11.6. The molecule has 0 saturated heterocycles. The van der Waals surface area contributed by atoms with Crippen molar-refractivity contribution in [2.24, 2.45) is 0 Å². The third-order valence-electron chi connectivity index (χ3n) is 5.98. The highest BCUT2D eigenvalue weighted by atomic mass is 16.5. The smallest absolute Gasteiger partial charge is 0.310 e. The zero-order valence-electron chi connectivity index (χ0n) is 19.5. The number of rotatable bonds is 9. The lowest BCUT2D eigenvalue weighted by Crippen LogP contribution is -2.31. The van der Waals surface area contributed by atoms with E-state index in [0.29, 0.717) is 18.7 Å². The van der Waals surface area contributed by atoms with Gasteiger partial charge >= 0.3 is 5.97 Å². The molecule has 6 heteroatoms. The van der Waals surface area contributed by atoms with Crippen molar-refractivity contribution in [1.82, 2.24) is 0 Å². The number of amides is 1. The Morgan fingerprint density at radius 1 is 0.886 bits per heavy atom. The van der Waals surface area contributed by atoms with Crippen molar-refractivity contribution in [2.45, 2.75) is 32.2 Å². The lowest BCUT2D eigenvalue weighted by molar-refractivity contribution is -0.142. The van der Waals surface area contributed by atoms with Crippen molar-refractivity contribution in [3.8, 4) is 0 Å². The van der Waals surface area contributed by atoms with E-state index in [1.807, 2.05) is 60.7 Å². The number of aliphatic hydroxyl groups is 1. The Hall–Kier alpha value is -4.19. The van der Waals surface area contributed by atoms with Crippen LogP contribution in [0.4, 0.5) is 5.69 Å². The fraction of sp³-hybridized carbons (Fsp3) is 0.207. The van der Waals surface area contributed by atoms with Gasteiger partial charge in [-0.05, 0) is 42.2 Å². The van der Waals surface area contributed by atoms with Gasteiger partial charge in [-0.25, -0.2) is 0 Å². The predicted molar refractivity (Wildman–Crippen MR) is 133 cm³/mol. The molecular formula is C29H27NO5.